The Morgan fingerprint density at radius 1 is 1.31 bits per heavy atom. The second kappa shape index (κ2) is 5.75. The van der Waals surface area contributed by atoms with E-state index < -0.39 is 0 Å². The quantitative estimate of drug-likeness (QED) is 0.711. The standard InChI is InChI=1S/C12H21NO3/c1-13-4-7-16-12(9-13)11(14)8-10-2-5-15-6-3-10/h10,12H,2-9H2,1H3. The third-order valence-electron chi connectivity index (χ3n) is 3.46. The predicted molar refractivity (Wildman–Crippen MR) is 60.4 cm³/mol. The molecule has 0 bridgehead atoms. The maximum absolute atomic E-state index is 12.0. The Labute approximate surface area is 96.9 Å². The van der Waals surface area contributed by atoms with Gasteiger partial charge in [-0.3, -0.25) is 4.79 Å². The first-order valence-corrected chi connectivity index (χ1v) is 6.16. The first kappa shape index (κ1) is 12.0. The summed E-state index contributed by atoms with van der Waals surface area (Å²) in [6.07, 6.45) is 2.52. The average molecular weight is 227 g/mol. The molecule has 0 aromatic carbocycles. The third-order valence-corrected chi connectivity index (χ3v) is 3.46. The number of morpholine rings is 1. The van der Waals surface area contributed by atoms with Crippen LogP contribution in [0.5, 0.6) is 0 Å². The topological polar surface area (TPSA) is 38.8 Å². The van der Waals surface area contributed by atoms with Crippen LogP contribution in [0.25, 0.3) is 0 Å². The maximum atomic E-state index is 12.0. The van der Waals surface area contributed by atoms with E-state index in [0.29, 0.717) is 18.9 Å². The van der Waals surface area contributed by atoms with E-state index in [2.05, 4.69) is 4.90 Å². The molecule has 0 saturated carbocycles. The van der Waals surface area contributed by atoms with Crippen LogP contribution in [0.4, 0.5) is 0 Å². The molecule has 0 aromatic heterocycles. The fraction of sp³-hybridized carbons (Fsp3) is 0.917. The second-order valence-electron chi connectivity index (χ2n) is 4.85. The number of likely N-dealkylation sites (N-methyl/N-ethyl adjacent to an activating group) is 1. The van der Waals surface area contributed by atoms with Gasteiger partial charge in [-0.25, -0.2) is 0 Å². The van der Waals surface area contributed by atoms with E-state index in [9.17, 15) is 4.79 Å². The van der Waals surface area contributed by atoms with Gasteiger partial charge >= 0.3 is 0 Å². The minimum Gasteiger partial charge on any atom is -0.381 e. The van der Waals surface area contributed by atoms with Crippen molar-refractivity contribution in [3.63, 3.8) is 0 Å². The fourth-order valence-electron chi connectivity index (χ4n) is 2.34. The Kier molecular flexibility index (Phi) is 4.32. The SMILES string of the molecule is CN1CCOC(C(=O)CC2CCOCC2)C1. The predicted octanol–water partition coefficient (Wildman–Crippen LogP) is 0.703. The highest BCUT2D eigenvalue weighted by Gasteiger charge is 2.27. The van der Waals surface area contributed by atoms with Crippen LogP contribution in [0, 0.1) is 5.92 Å². The Morgan fingerprint density at radius 3 is 2.75 bits per heavy atom. The zero-order chi connectivity index (χ0) is 11.4. The molecule has 0 spiro atoms. The summed E-state index contributed by atoms with van der Waals surface area (Å²) < 4.78 is 10.8. The van der Waals surface area contributed by atoms with Gasteiger partial charge in [0.15, 0.2) is 5.78 Å². The third kappa shape index (κ3) is 3.27. The Morgan fingerprint density at radius 2 is 2.06 bits per heavy atom. The maximum Gasteiger partial charge on any atom is 0.163 e. The van der Waals surface area contributed by atoms with E-state index in [4.69, 9.17) is 9.47 Å². The van der Waals surface area contributed by atoms with Gasteiger partial charge in [-0.05, 0) is 25.8 Å². The van der Waals surface area contributed by atoms with Crippen molar-refractivity contribution in [2.45, 2.75) is 25.4 Å². The largest absolute Gasteiger partial charge is 0.381 e. The molecule has 1 unspecified atom stereocenters. The first-order chi connectivity index (χ1) is 7.75. The lowest BCUT2D eigenvalue weighted by atomic mass is 9.92. The smallest absolute Gasteiger partial charge is 0.163 e. The van der Waals surface area contributed by atoms with Crippen LogP contribution in [-0.2, 0) is 14.3 Å². The Balaban J connectivity index is 1.77. The number of hydrogen-bond acceptors (Lipinski definition) is 4. The number of carbonyl (C=O) groups excluding carboxylic acids is 1. The van der Waals surface area contributed by atoms with Gasteiger partial charge in [-0.15, -0.1) is 0 Å². The molecule has 0 aliphatic carbocycles. The lowest BCUT2D eigenvalue weighted by molar-refractivity contribution is -0.137. The van der Waals surface area contributed by atoms with Gasteiger partial charge in [0.05, 0.1) is 6.61 Å². The van der Waals surface area contributed by atoms with Gasteiger partial charge in [0, 0.05) is 32.7 Å². The van der Waals surface area contributed by atoms with E-state index in [0.717, 1.165) is 39.1 Å². The van der Waals surface area contributed by atoms with Gasteiger partial charge in [0.25, 0.3) is 0 Å². The van der Waals surface area contributed by atoms with E-state index >= 15 is 0 Å². The van der Waals surface area contributed by atoms with Crippen molar-refractivity contribution < 1.29 is 14.3 Å². The molecular weight excluding hydrogens is 206 g/mol. The fourth-order valence-corrected chi connectivity index (χ4v) is 2.34. The van der Waals surface area contributed by atoms with Gasteiger partial charge < -0.3 is 14.4 Å². The molecule has 2 aliphatic heterocycles. The minimum absolute atomic E-state index is 0.193. The van der Waals surface area contributed by atoms with Crippen LogP contribution >= 0.6 is 0 Å². The summed E-state index contributed by atoms with van der Waals surface area (Å²) in [5, 5.41) is 0. The summed E-state index contributed by atoms with van der Waals surface area (Å²) in [4.78, 5) is 14.2. The Hall–Kier alpha value is -0.450. The van der Waals surface area contributed by atoms with Crippen LogP contribution in [0.2, 0.25) is 0 Å². The zero-order valence-corrected chi connectivity index (χ0v) is 9.98. The van der Waals surface area contributed by atoms with E-state index in [1.165, 1.54) is 0 Å². The molecule has 16 heavy (non-hydrogen) atoms. The molecule has 92 valence electrons. The Bertz CT molecular complexity index is 238. The number of hydrogen-bond donors (Lipinski definition) is 0. The van der Waals surface area contributed by atoms with Crippen molar-refractivity contribution in [3.05, 3.63) is 0 Å². The van der Waals surface area contributed by atoms with Crippen molar-refractivity contribution in [1.82, 2.24) is 4.90 Å². The first-order valence-electron chi connectivity index (χ1n) is 6.16. The highest BCUT2D eigenvalue weighted by Crippen LogP contribution is 2.20. The van der Waals surface area contributed by atoms with Crippen LogP contribution in [0.1, 0.15) is 19.3 Å². The summed E-state index contributed by atoms with van der Waals surface area (Å²) in [6.45, 7) is 3.98. The molecule has 2 heterocycles. The number of carbonyl (C=O) groups is 1. The lowest BCUT2D eigenvalue weighted by Gasteiger charge is -2.30. The van der Waals surface area contributed by atoms with Gasteiger partial charge in [-0.1, -0.05) is 0 Å². The van der Waals surface area contributed by atoms with Crippen molar-refractivity contribution in [2.75, 3.05) is 40.0 Å². The molecule has 0 aromatic rings. The van der Waals surface area contributed by atoms with E-state index in [1.54, 1.807) is 0 Å². The normalized spacial score (nSPS) is 29.2. The molecule has 2 rings (SSSR count). The summed E-state index contributed by atoms with van der Waals surface area (Å²) >= 11 is 0. The number of rotatable bonds is 3. The molecule has 4 nitrogen and oxygen atoms in total. The number of ketones is 1. The molecule has 0 radical (unpaired) electrons. The summed E-state index contributed by atoms with van der Waals surface area (Å²) in [5.41, 5.74) is 0. The van der Waals surface area contributed by atoms with Gasteiger partial charge in [0.2, 0.25) is 0 Å². The zero-order valence-electron chi connectivity index (χ0n) is 9.98. The van der Waals surface area contributed by atoms with Crippen LogP contribution in [-0.4, -0.2) is 56.7 Å². The summed E-state index contributed by atoms with van der Waals surface area (Å²) in [7, 11) is 2.04. The molecule has 2 aliphatic rings. The highest BCUT2D eigenvalue weighted by molar-refractivity contribution is 5.83. The van der Waals surface area contributed by atoms with Gasteiger partial charge in [-0.2, -0.15) is 0 Å². The summed E-state index contributed by atoms with van der Waals surface area (Å²) in [6, 6.07) is 0. The average Bonchev–Trinajstić information content (AvgIpc) is 2.30. The number of nitrogens with zero attached hydrogens (tertiary/aromatic N) is 1. The molecule has 1 atom stereocenters. The van der Waals surface area contributed by atoms with Crippen molar-refractivity contribution in [1.29, 1.82) is 0 Å². The lowest BCUT2D eigenvalue weighted by Crippen LogP contribution is -2.44. The molecule has 4 heteroatoms. The molecule has 0 N–H and O–H groups in total. The molecular formula is C12H21NO3. The van der Waals surface area contributed by atoms with Crippen LogP contribution in [0.15, 0.2) is 0 Å². The van der Waals surface area contributed by atoms with Gasteiger partial charge in [0.1, 0.15) is 6.10 Å². The highest BCUT2D eigenvalue weighted by atomic mass is 16.5. The second-order valence-corrected chi connectivity index (χ2v) is 4.85. The molecule has 2 fully saturated rings. The van der Waals surface area contributed by atoms with E-state index in [1.807, 2.05) is 7.05 Å². The van der Waals surface area contributed by atoms with Crippen LogP contribution < -0.4 is 0 Å². The number of ether oxygens (including phenoxy) is 2. The van der Waals surface area contributed by atoms with Crippen molar-refractivity contribution >= 4 is 5.78 Å². The van der Waals surface area contributed by atoms with Crippen LogP contribution in [0.3, 0.4) is 0 Å². The minimum atomic E-state index is -0.193. The molecule has 0 amide bonds. The summed E-state index contributed by atoms with van der Waals surface area (Å²) in [5.74, 6) is 0.788. The molecule has 2 saturated heterocycles. The van der Waals surface area contributed by atoms with E-state index in [-0.39, 0.29) is 11.9 Å². The van der Waals surface area contributed by atoms with Crippen molar-refractivity contribution in [2.24, 2.45) is 5.92 Å². The van der Waals surface area contributed by atoms with Crippen molar-refractivity contribution in [3.8, 4) is 0 Å². The number of Topliss-reactive ketones (excluding diaryl/α,β-unsaturated/α-hetero) is 1. The monoisotopic (exact) mass is 227 g/mol.